The van der Waals surface area contributed by atoms with E-state index in [1.165, 1.54) is 11.6 Å². The van der Waals surface area contributed by atoms with E-state index >= 15 is 0 Å². The highest BCUT2D eigenvalue weighted by atomic mass is 79.9. The Hall–Kier alpha value is -0.900. The lowest BCUT2D eigenvalue weighted by molar-refractivity contribution is 0.522. The Bertz CT molecular complexity index is 586. The molecule has 0 aliphatic carbocycles. The van der Waals surface area contributed by atoms with Crippen molar-refractivity contribution in [3.8, 4) is 0 Å². The minimum atomic E-state index is -0.215. The molecule has 1 atom stereocenters. The van der Waals surface area contributed by atoms with E-state index in [0.717, 1.165) is 34.4 Å². The van der Waals surface area contributed by atoms with Gasteiger partial charge in [0, 0.05) is 15.5 Å². The predicted octanol–water partition coefficient (Wildman–Crippen LogP) is 5.53. The minimum Gasteiger partial charge on any atom is -0.310 e. The fourth-order valence-electron chi connectivity index (χ4n) is 2.25. The molecule has 2 aromatic carbocycles. The molecule has 0 amide bonds. The first kappa shape index (κ1) is 16.5. The normalized spacial score (nSPS) is 12.4. The number of halogens is 3. The molecule has 1 nitrogen and oxygen atoms in total. The average Bonchev–Trinajstić information content (AvgIpc) is 2.48. The number of benzene rings is 2. The van der Waals surface area contributed by atoms with Crippen LogP contribution in [0.4, 0.5) is 4.39 Å². The molecular weight excluding hydrogens is 353 g/mol. The highest BCUT2D eigenvalue weighted by Gasteiger charge is 2.15. The Morgan fingerprint density at radius 2 is 1.90 bits per heavy atom. The van der Waals surface area contributed by atoms with Gasteiger partial charge in [-0.3, -0.25) is 0 Å². The lowest BCUT2D eigenvalue weighted by Crippen LogP contribution is -2.24. The van der Waals surface area contributed by atoms with Crippen LogP contribution in [0, 0.1) is 5.82 Å². The van der Waals surface area contributed by atoms with Crippen LogP contribution in [-0.2, 0) is 6.42 Å². The number of hydrogen-bond acceptors (Lipinski definition) is 1. The zero-order valence-electron chi connectivity index (χ0n) is 11.9. The van der Waals surface area contributed by atoms with E-state index in [0.29, 0.717) is 0 Å². The molecule has 4 heteroatoms. The summed E-state index contributed by atoms with van der Waals surface area (Å²) >= 11 is 9.44. The van der Waals surface area contributed by atoms with Crippen LogP contribution >= 0.6 is 27.5 Å². The summed E-state index contributed by atoms with van der Waals surface area (Å²) in [5.74, 6) is -0.215. The second kappa shape index (κ2) is 7.92. The third-order valence-electron chi connectivity index (χ3n) is 3.33. The monoisotopic (exact) mass is 369 g/mol. The number of rotatable bonds is 6. The van der Waals surface area contributed by atoms with Gasteiger partial charge in [0.05, 0.1) is 0 Å². The first-order chi connectivity index (χ1) is 10.1. The summed E-state index contributed by atoms with van der Waals surface area (Å²) in [5.41, 5.74) is 2.11. The van der Waals surface area contributed by atoms with Crippen molar-refractivity contribution in [1.29, 1.82) is 0 Å². The smallest absolute Gasteiger partial charge is 0.123 e. The van der Waals surface area contributed by atoms with Gasteiger partial charge in [-0.2, -0.15) is 0 Å². The van der Waals surface area contributed by atoms with Crippen molar-refractivity contribution in [2.75, 3.05) is 6.54 Å². The molecule has 2 rings (SSSR count). The molecule has 21 heavy (non-hydrogen) atoms. The highest BCUT2D eigenvalue weighted by molar-refractivity contribution is 9.10. The van der Waals surface area contributed by atoms with Gasteiger partial charge in [0.15, 0.2) is 0 Å². The van der Waals surface area contributed by atoms with Gasteiger partial charge in [0.25, 0.3) is 0 Å². The zero-order chi connectivity index (χ0) is 15.2. The molecule has 2 aromatic rings. The van der Waals surface area contributed by atoms with Crippen LogP contribution in [-0.4, -0.2) is 6.54 Å². The molecule has 0 radical (unpaired) electrons. The fourth-order valence-corrected chi connectivity index (χ4v) is 2.90. The predicted molar refractivity (Wildman–Crippen MR) is 90.3 cm³/mol. The third kappa shape index (κ3) is 4.80. The van der Waals surface area contributed by atoms with Crippen LogP contribution in [0.2, 0.25) is 5.02 Å². The summed E-state index contributed by atoms with van der Waals surface area (Å²) < 4.78 is 14.5. The van der Waals surface area contributed by atoms with Crippen molar-refractivity contribution < 1.29 is 4.39 Å². The third-order valence-corrected chi connectivity index (χ3v) is 4.30. The second-order valence-corrected chi connectivity index (χ2v) is 6.29. The molecular formula is C17H18BrClFN. The fraction of sp³-hybridized carbons (Fsp3) is 0.294. The first-order valence-electron chi connectivity index (χ1n) is 7.03. The summed E-state index contributed by atoms with van der Waals surface area (Å²) in [4.78, 5) is 0. The minimum absolute atomic E-state index is 0.0659. The number of nitrogens with one attached hydrogen (secondary N) is 1. The van der Waals surface area contributed by atoms with Crippen LogP contribution in [0.15, 0.2) is 46.9 Å². The summed E-state index contributed by atoms with van der Waals surface area (Å²) in [6.07, 6.45) is 1.82. The largest absolute Gasteiger partial charge is 0.310 e. The van der Waals surface area contributed by atoms with Crippen molar-refractivity contribution in [2.24, 2.45) is 0 Å². The van der Waals surface area contributed by atoms with Crippen molar-refractivity contribution in [3.63, 3.8) is 0 Å². The maximum absolute atomic E-state index is 13.6. The van der Waals surface area contributed by atoms with E-state index < -0.39 is 0 Å². The Morgan fingerprint density at radius 1 is 1.19 bits per heavy atom. The van der Waals surface area contributed by atoms with Gasteiger partial charge in [-0.25, -0.2) is 4.39 Å². The quantitative estimate of drug-likeness (QED) is 0.705. The Labute approximate surface area is 138 Å². The first-order valence-corrected chi connectivity index (χ1v) is 8.20. The van der Waals surface area contributed by atoms with Crippen LogP contribution in [0.1, 0.15) is 30.5 Å². The SMILES string of the molecule is CCCNC(Cc1ccc(Cl)cc1)c1cc(F)ccc1Br. The van der Waals surface area contributed by atoms with E-state index in [1.807, 2.05) is 24.3 Å². The van der Waals surface area contributed by atoms with E-state index in [2.05, 4.69) is 28.2 Å². The van der Waals surface area contributed by atoms with Crippen LogP contribution in [0.5, 0.6) is 0 Å². The lowest BCUT2D eigenvalue weighted by Gasteiger charge is -2.20. The molecule has 0 saturated carbocycles. The van der Waals surface area contributed by atoms with Crippen LogP contribution in [0.25, 0.3) is 0 Å². The topological polar surface area (TPSA) is 12.0 Å². The lowest BCUT2D eigenvalue weighted by atomic mass is 9.98. The zero-order valence-corrected chi connectivity index (χ0v) is 14.2. The number of hydrogen-bond donors (Lipinski definition) is 1. The molecule has 0 aliphatic rings. The van der Waals surface area contributed by atoms with Gasteiger partial charge >= 0.3 is 0 Å². The summed E-state index contributed by atoms with van der Waals surface area (Å²) in [6.45, 7) is 3.01. The van der Waals surface area contributed by atoms with E-state index in [9.17, 15) is 4.39 Å². The molecule has 0 spiro atoms. The molecule has 0 aliphatic heterocycles. The molecule has 0 heterocycles. The average molecular weight is 371 g/mol. The molecule has 0 saturated heterocycles. The Kier molecular flexibility index (Phi) is 6.22. The highest BCUT2D eigenvalue weighted by Crippen LogP contribution is 2.27. The van der Waals surface area contributed by atoms with Crippen LogP contribution in [0.3, 0.4) is 0 Å². The maximum atomic E-state index is 13.6. The molecule has 1 N–H and O–H groups in total. The summed E-state index contributed by atoms with van der Waals surface area (Å²) in [5, 5.41) is 4.21. The van der Waals surface area contributed by atoms with E-state index in [1.54, 1.807) is 12.1 Å². The molecule has 0 bridgehead atoms. The van der Waals surface area contributed by atoms with Gasteiger partial charge in [0.2, 0.25) is 0 Å². The van der Waals surface area contributed by atoms with Crippen molar-refractivity contribution in [3.05, 3.63) is 68.9 Å². The molecule has 112 valence electrons. The standard InChI is InChI=1S/C17H18BrClFN/c1-2-9-21-17(10-12-3-5-13(19)6-4-12)15-11-14(20)7-8-16(15)18/h3-8,11,17,21H,2,9-10H2,1H3. The van der Waals surface area contributed by atoms with Gasteiger partial charge in [0.1, 0.15) is 5.82 Å². The Balaban J connectivity index is 2.25. The molecule has 0 aromatic heterocycles. The molecule has 0 fully saturated rings. The second-order valence-electron chi connectivity index (χ2n) is 5.00. The van der Waals surface area contributed by atoms with Crippen molar-refractivity contribution in [1.82, 2.24) is 5.32 Å². The molecule has 1 unspecified atom stereocenters. The van der Waals surface area contributed by atoms with Gasteiger partial charge in [-0.1, -0.05) is 46.6 Å². The van der Waals surface area contributed by atoms with E-state index in [4.69, 9.17) is 11.6 Å². The summed E-state index contributed by atoms with van der Waals surface area (Å²) in [6, 6.07) is 12.7. The van der Waals surface area contributed by atoms with Crippen molar-refractivity contribution in [2.45, 2.75) is 25.8 Å². The van der Waals surface area contributed by atoms with Gasteiger partial charge < -0.3 is 5.32 Å². The Morgan fingerprint density at radius 3 is 2.57 bits per heavy atom. The van der Waals surface area contributed by atoms with E-state index in [-0.39, 0.29) is 11.9 Å². The van der Waals surface area contributed by atoms with Crippen LogP contribution < -0.4 is 5.32 Å². The van der Waals surface area contributed by atoms with Gasteiger partial charge in [-0.15, -0.1) is 0 Å². The van der Waals surface area contributed by atoms with Crippen molar-refractivity contribution >= 4 is 27.5 Å². The maximum Gasteiger partial charge on any atom is 0.123 e. The summed E-state index contributed by atoms with van der Waals surface area (Å²) in [7, 11) is 0. The van der Waals surface area contributed by atoms with Gasteiger partial charge in [-0.05, 0) is 60.8 Å².